The molecule has 2 aromatic rings. The van der Waals surface area contributed by atoms with Crippen molar-refractivity contribution in [3.63, 3.8) is 0 Å². The lowest BCUT2D eigenvalue weighted by Crippen LogP contribution is -2.25. The molecule has 7 heteroatoms. The summed E-state index contributed by atoms with van der Waals surface area (Å²) in [6.07, 6.45) is 6.52. The lowest BCUT2D eigenvalue weighted by molar-refractivity contribution is 0.481. The van der Waals surface area contributed by atoms with E-state index in [1.165, 1.54) is 12.8 Å². The molecule has 140 valence electrons. The fourth-order valence-corrected chi connectivity index (χ4v) is 4.63. The van der Waals surface area contributed by atoms with E-state index in [1.807, 2.05) is 10.9 Å². The first-order chi connectivity index (χ1) is 12.5. The summed E-state index contributed by atoms with van der Waals surface area (Å²) in [5.74, 6) is 3.03. The Hall–Kier alpha value is -1.14. The van der Waals surface area contributed by atoms with Crippen LogP contribution in [-0.4, -0.2) is 26.3 Å². The number of hydrogen-bond donors (Lipinski definition) is 0. The first kappa shape index (κ1) is 18.2. The molecule has 0 bridgehead atoms. The van der Waals surface area contributed by atoms with Gasteiger partial charge in [0.2, 0.25) is 0 Å². The maximum atomic E-state index is 6.77. The van der Waals surface area contributed by atoms with Crippen LogP contribution in [0.1, 0.15) is 68.6 Å². The van der Waals surface area contributed by atoms with Gasteiger partial charge in [-0.25, -0.2) is 9.97 Å². The molecule has 1 aliphatic heterocycles. The zero-order valence-electron chi connectivity index (χ0n) is 15.5. The summed E-state index contributed by atoms with van der Waals surface area (Å²) in [6.45, 7) is 8.27. The Morgan fingerprint density at radius 3 is 2.77 bits per heavy atom. The number of aryl methyl sites for hydroxylation is 1. The Bertz CT molecular complexity index is 815. The molecule has 0 spiro atoms. The van der Waals surface area contributed by atoms with Gasteiger partial charge in [0.25, 0.3) is 0 Å². The summed E-state index contributed by atoms with van der Waals surface area (Å²) in [7, 11) is 0. The molecule has 1 atom stereocenters. The van der Waals surface area contributed by atoms with Gasteiger partial charge < -0.3 is 4.90 Å². The minimum absolute atomic E-state index is 0.224. The van der Waals surface area contributed by atoms with Crippen LogP contribution in [0.5, 0.6) is 0 Å². The molecule has 0 amide bonds. The van der Waals surface area contributed by atoms with Gasteiger partial charge in [-0.15, -0.1) is 0 Å². The topological polar surface area (TPSA) is 46.8 Å². The molecule has 5 nitrogen and oxygen atoms in total. The second kappa shape index (κ2) is 7.12. The van der Waals surface area contributed by atoms with Crippen LogP contribution in [0.2, 0.25) is 5.15 Å². The van der Waals surface area contributed by atoms with Gasteiger partial charge >= 0.3 is 0 Å². The Morgan fingerprint density at radius 1 is 1.31 bits per heavy atom. The lowest BCUT2D eigenvalue weighted by atomic mass is 10.1. The van der Waals surface area contributed by atoms with Crippen molar-refractivity contribution in [1.29, 1.82) is 0 Å². The minimum Gasteiger partial charge on any atom is -0.348 e. The molecule has 1 unspecified atom stereocenters. The maximum absolute atomic E-state index is 6.77. The van der Waals surface area contributed by atoms with Crippen LogP contribution in [0.25, 0.3) is 0 Å². The summed E-state index contributed by atoms with van der Waals surface area (Å²) in [5, 5.41) is 5.49. The van der Waals surface area contributed by atoms with Crippen LogP contribution in [-0.2, 0) is 6.54 Å². The molecule has 26 heavy (non-hydrogen) atoms. The van der Waals surface area contributed by atoms with Gasteiger partial charge in [-0.1, -0.05) is 25.4 Å². The Morgan fingerprint density at radius 2 is 2.08 bits per heavy atom. The van der Waals surface area contributed by atoms with E-state index in [9.17, 15) is 0 Å². The summed E-state index contributed by atoms with van der Waals surface area (Å²) >= 11 is 10.4. The smallest absolute Gasteiger partial charge is 0.147 e. The standard InChI is InChI=1S/C19H25BrClN5/c1-11(2)10-26-17(21)16(12(3)24-26)15-5-4-8-25(15)19-14(20)9-22-18(23-19)13-6-7-13/h9,11,13,15H,4-8,10H2,1-3H3. The fourth-order valence-electron chi connectivity index (χ4n) is 3.84. The van der Waals surface area contributed by atoms with Crippen LogP contribution in [0, 0.1) is 12.8 Å². The van der Waals surface area contributed by atoms with Crippen molar-refractivity contribution in [2.75, 3.05) is 11.4 Å². The molecule has 0 aromatic carbocycles. The van der Waals surface area contributed by atoms with Crippen molar-refractivity contribution >= 4 is 33.3 Å². The van der Waals surface area contributed by atoms with Crippen molar-refractivity contribution < 1.29 is 0 Å². The average molecular weight is 439 g/mol. The summed E-state index contributed by atoms with van der Waals surface area (Å²) in [5.41, 5.74) is 2.18. The fraction of sp³-hybridized carbons (Fsp3) is 0.632. The number of rotatable bonds is 5. The van der Waals surface area contributed by atoms with E-state index in [2.05, 4.69) is 46.6 Å². The van der Waals surface area contributed by atoms with Gasteiger partial charge in [0.1, 0.15) is 16.8 Å². The second-order valence-electron chi connectivity index (χ2n) is 7.89. The van der Waals surface area contributed by atoms with E-state index in [0.29, 0.717) is 11.8 Å². The zero-order valence-corrected chi connectivity index (χ0v) is 17.9. The van der Waals surface area contributed by atoms with Crippen molar-refractivity contribution in [2.45, 2.75) is 65.0 Å². The molecule has 1 saturated carbocycles. The van der Waals surface area contributed by atoms with Gasteiger partial charge in [0.05, 0.1) is 16.2 Å². The van der Waals surface area contributed by atoms with E-state index in [-0.39, 0.29) is 6.04 Å². The van der Waals surface area contributed by atoms with Crippen LogP contribution in [0.3, 0.4) is 0 Å². The number of hydrogen-bond acceptors (Lipinski definition) is 4. The van der Waals surface area contributed by atoms with E-state index >= 15 is 0 Å². The van der Waals surface area contributed by atoms with E-state index < -0.39 is 0 Å². The predicted molar refractivity (Wildman–Crippen MR) is 108 cm³/mol. The SMILES string of the molecule is Cc1nn(CC(C)C)c(Cl)c1C1CCCN1c1nc(C2CC2)ncc1Br. The quantitative estimate of drug-likeness (QED) is 0.638. The second-order valence-corrected chi connectivity index (χ2v) is 9.10. The highest BCUT2D eigenvalue weighted by Gasteiger charge is 2.35. The van der Waals surface area contributed by atoms with Gasteiger partial charge in [0.15, 0.2) is 0 Å². The summed E-state index contributed by atoms with van der Waals surface area (Å²) in [6, 6.07) is 0.224. The molecule has 1 saturated heterocycles. The Balaban J connectivity index is 1.70. The third kappa shape index (κ3) is 3.38. The van der Waals surface area contributed by atoms with Crippen molar-refractivity contribution in [3.05, 3.63) is 32.9 Å². The Labute approximate surface area is 168 Å². The number of aromatic nitrogens is 4. The molecule has 2 aliphatic rings. The Kier molecular flexibility index (Phi) is 4.99. The molecular weight excluding hydrogens is 414 g/mol. The van der Waals surface area contributed by atoms with Crippen molar-refractivity contribution in [1.82, 2.24) is 19.7 Å². The highest BCUT2D eigenvalue weighted by Crippen LogP contribution is 2.44. The largest absolute Gasteiger partial charge is 0.348 e. The van der Waals surface area contributed by atoms with Crippen LogP contribution < -0.4 is 4.90 Å². The lowest BCUT2D eigenvalue weighted by Gasteiger charge is -2.27. The highest BCUT2D eigenvalue weighted by atomic mass is 79.9. The van der Waals surface area contributed by atoms with Gasteiger partial charge in [0, 0.05) is 30.8 Å². The molecular formula is C19H25BrClN5. The molecule has 2 fully saturated rings. The third-order valence-electron chi connectivity index (χ3n) is 5.19. The van der Waals surface area contributed by atoms with Crippen LogP contribution >= 0.6 is 27.5 Å². The first-order valence-electron chi connectivity index (χ1n) is 9.47. The molecule has 0 N–H and O–H groups in total. The molecule has 3 heterocycles. The van der Waals surface area contributed by atoms with Gasteiger partial charge in [-0.05, 0) is 54.5 Å². The molecule has 4 rings (SSSR count). The minimum atomic E-state index is 0.224. The molecule has 2 aromatic heterocycles. The van der Waals surface area contributed by atoms with Crippen LogP contribution in [0.15, 0.2) is 10.7 Å². The number of nitrogens with zero attached hydrogens (tertiary/aromatic N) is 5. The van der Waals surface area contributed by atoms with Crippen LogP contribution in [0.4, 0.5) is 5.82 Å². The van der Waals surface area contributed by atoms with Crippen molar-refractivity contribution in [3.8, 4) is 0 Å². The van der Waals surface area contributed by atoms with E-state index in [4.69, 9.17) is 21.7 Å². The first-order valence-corrected chi connectivity index (χ1v) is 10.6. The summed E-state index contributed by atoms with van der Waals surface area (Å²) in [4.78, 5) is 11.8. The highest BCUT2D eigenvalue weighted by molar-refractivity contribution is 9.10. The molecule has 0 radical (unpaired) electrons. The average Bonchev–Trinajstić information content (AvgIpc) is 3.27. The maximum Gasteiger partial charge on any atom is 0.147 e. The van der Waals surface area contributed by atoms with E-state index in [1.54, 1.807) is 0 Å². The monoisotopic (exact) mass is 437 g/mol. The number of anilines is 1. The molecule has 1 aliphatic carbocycles. The predicted octanol–water partition coefficient (Wildman–Crippen LogP) is 5.27. The normalized spacial score (nSPS) is 20.4. The third-order valence-corrected chi connectivity index (χ3v) is 6.15. The van der Waals surface area contributed by atoms with Gasteiger partial charge in [-0.2, -0.15) is 5.10 Å². The number of halogens is 2. The summed E-state index contributed by atoms with van der Waals surface area (Å²) < 4.78 is 2.91. The van der Waals surface area contributed by atoms with Gasteiger partial charge in [-0.3, -0.25) is 4.68 Å². The zero-order chi connectivity index (χ0) is 18.4. The van der Waals surface area contributed by atoms with Crippen molar-refractivity contribution in [2.24, 2.45) is 5.92 Å². The van der Waals surface area contributed by atoms with E-state index in [0.717, 1.165) is 58.5 Å².